The smallest absolute Gasteiger partial charge is 0.143 e. The van der Waals surface area contributed by atoms with Crippen molar-refractivity contribution in [1.29, 1.82) is 0 Å². The van der Waals surface area contributed by atoms with E-state index < -0.39 is 0 Å². The van der Waals surface area contributed by atoms with Crippen molar-refractivity contribution in [2.75, 3.05) is 4.90 Å². The standard InChI is InChI=1S/C46H31NO/c1-3-11-32(12-4-1)34-21-26-39(27-22-34)47(40-28-23-35(24-29-40)38-17-9-16-37(31-38)33-13-5-2-6-14-33)43-19-10-20-44-45(43)42-30-25-36-15-7-8-18-41(36)46(42)48-44/h1-31H. The Morgan fingerprint density at radius 2 is 0.875 bits per heavy atom. The Labute approximate surface area is 279 Å². The maximum Gasteiger partial charge on any atom is 0.143 e. The van der Waals surface area contributed by atoms with Gasteiger partial charge in [0.05, 0.1) is 11.1 Å². The third-order valence-corrected chi connectivity index (χ3v) is 9.27. The van der Waals surface area contributed by atoms with E-state index in [1.54, 1.807) is 0 Å². The van der Waals surface area contributed by atoms with Crippen LogP contribution in [0.3, 0.4) is 0 Å². The van der Waals surface area contributed by atoms with Crippen LogP contribution in [0.1, 0.15) is 0 Å². The van der Waals surface area contributed by atoms with Gasteiger partial charge in [0.2, 0.25) is 0 Å². The predicted octanol–water partition coefficient (Wildman–Crippen LogP) is 13.2. The Morgan fingerprint density at radius 3 is 1.54 bits per heavy atom. The van der Waals surface area contributed by atoms with Crippen molar-refractivity contribution in [1.82, 2.24) is 0 Å². The molecule has 0 saturated carbocycles. The van der Waals surface area contributed by atoms with E-state index in [1.165, 1.54) is 38.8 Å². The number of hydrogen-bond acceptors (Lipinski definition) is 2. The van der Waals surface area contributed by atoms with E-state index in [4.69, 9.17) is 4.42 Å². The Balaban J connectivity index is 1.19. The summed E-state index contributed by atoms with van der Waals surface area (Å²) in [5, 5.41) is 4.51. The van der Waals surface area contributed by atoms with Crippen LogP contribution >= 0.6 is 0 Å². The maximum absolute atomic E-state index is 6.60. The molecular weight excluding hydrogens is 583 g/mol. The fourth-order valence-corrected chi connectivity index (χ4v) is 6.89. The lowest BCUT2D eigenvalue weighted by molar-refractivity contribution is 0.672. The average molecular weight is 614 g/mol. The van der Waals surface area contributed by atoms with E-state index >= 15 is 0 Å². The first-order valence-corrected chi connectivity index (χ1v) is 16.3. The molecule has 0 saturated heterocycles. The number of nitrogens with zero attached hydrogens (tertiary/aromatic N) is 1. The van der Waals surface area contributed by atoms with Crippen LogP contribution in [-0.2, 0) is 0 Å². The van der Waals surface area contributed by atoms with Crippen LogP contribution < -0.4 is 4.90 Å². The van der Waals surface area contributed by atoms with E-state index in [-0.39, 0.29) is 0 Å². The maximum atomic E-state index is 6.60. The van der Waals surface area contributed by atoms with Gasteiger partial charge in [-0.25, -0.2) is 0 Å². The molecule has 2 heteroatoms. The van der Waals surface area contributed by atoms with Gasteiger partial charge in [0.25, 0.3) is 0 Å². The molecule has 0 aliphatic rings. The van der Waals surface area contributed by atoms with E-state index in [9.17, 15) is 0 Å². The van der Waals surface area contributed by atoms with Crippen molar-refractivity contribution in [3.05, 3.63) is 188 Å². The Kier molecular flexibility index (Phi) is 6.84. The summed E-state index contributed by atoms with van der Waals surface area (Å²) in [6.45, 7) is 0. The summed E-state index contributed by atoms with van der Waals surface area (Å²) in [5.74, 6) is 0. The number of hydrogen-bond donors (Lipinski definition) is 0. The first-order valence-electron chi connectivity index (χ1n) is 16.3. The van der Waals surface area contributed by atoms with Crippen molar-refractivity contribution in [3.63, 3.8) is 0 Å². The van der Waals surface area contributed by atoms with Gasteiger partial charge in [-0.05, 0) is 87.3 Å². The SMILES string of the molecule is c1ccc(-c2ccc(N(c3ccc(-c4cccc(-c5ccccc5)c4)cc3)c3cccc4oc5c6ccccc6ccc5c34)cc2)cc1. The number of fused-ring (bicyclic) bond motifs is 5. The molecule has 0 spiro atoms. The second kappa shape index (κ2) is 11.8. The van der Waals surface area contributed by atoms with E-state index in [1.807, 2.05) is 0 Å². The third kappa shape index (κ3) is 4.92. The zero-order chi connectivity index (χ0) is 31.9. The molecule has 1 heterocycles. The fourth-order valence-electron chi connectivity index (χ4n) is 6.89. The molecule has 0 aliphatic carbocycles. The van der Waals surface area contributed by atoms with E-state index in [0.29, 0.717) is 0 Å². The van der Waals surface area contributed by atoms with Gasteiger partial charge in [0, 0.05) is 22.1 Å². The van der Waals surface area contributed by atoms with Gasteiger partial charge in [-0.15, -0.1) is 0 Å². The minimum Gasteiger partial charge on any atom is -0.455 e. The lowest BCUT2D eigenvalue weighted by Gasteiger charge is -2.26. The summed E-state index contributed by atoms with van der Waals surface area (Å²) in [7, 11) is 0. The summed E-state index contributed by atoms with van der Waals surface area (Å²) >= 11 is 0. The lowest BCUT2D eigenvalue weighted by atomic mass is 9.98. The molecule has 0 radical (unpaired) electrons. The summed E-state index contributed by atoms with van der Waals surface area (Å²) in [6, 6.07) is 66.8. The molecule has 2 nitrogen and oxygen atoms in total. The molecule has 0 N–H and O–H groups in total. The third-order valence-electron chi connectivity index (χ3n) is 9.27. The van der Waals surface area contributed by atoms with Gasteiger partial charge in [0.1, 0.15) is 11.2 Å². The molecule has 1 aromatic heterocycles. The van der Waals surface area contributed by atoms with Gasteiger partial charge in [-0.2, -0.15) is 0 Å². The molecule has 0 bridgehead atoms. The highest BCUT2D eigenvalue weighted by atomic mass is 16.3. The van der Waals surface area contributed by atoms with Crippen LogP contribution in [0.25, 0.3) is 66.1 Å². The van der Waals surface area contributed by atoms with Gasteiger partial charge in [-0.1, -0.05) is 140 Å². The van der Waals surface area contributed by atoms with Gasteiger partial charge < -0.3 is 9.32 Å². The first kappa shape index (κ1) is 27.9. The van der Waals surface area contributed by atoms with Crippen molar-refractivity contribution in [3.8, 4) is 33.4 Å². The van der Waals surface area contributed by atoms with Crippen LogP contribution in [0.5, 0.6) is 0 Å². The second-order valence-corrected chi connectivity index (χ2v) is 12.2. The fraction of sp³-hybridized carbons (Fsp3) is 0. The molecule has 0 atom stereocenters. The van der Waals surface area contributed by atoms with Crippen LogP contribution in [0.15, 0.2) is 192 Å². The van der Waals surface area contributed by atoms with Crippen LogP contribution in [-0.4, -0.2) is 0 Å². The lowest BCUT2D eigenvalue weighted by Crippen LogP contribution is -2.10. The van der Waals surface area contributed by atoms with Gasteiger partial charge in [0.15, 0.2) is 0 Å². The molecule has 0 amide bonds. The number of anilines is 3. The summed E-state index contributed by atoms with van der Waals surface area (Å²) < 4.78 is 6.60. The summed E-state index contributed by atoms with van der Waals surface area (Å²) in [4.78, 5) is 2.35. The summed E-state index contributed by atoms with van der Waals surface area (Å²) in [5.41, 5.74) is 12.2. The average Bonchev–Trinajstić information content (AvgIpc) is 3.56. The minimum absolute atomic E-state index is 0.874. The summed E-state index contributed by atoms with van der Waals surface area (Å²) in [6.07, 6.45) is 0. The number of furan rings is 1. The number of benzene rings is 8. The van der Waals surface area contributed by atoms with Crippen molar-refractivity contribution >= 4 is 49.8 Å². The van der Waals surface area contributed by atoms with Crippen molar-refractivity contribution in [2.45, 2.75) is 0 Å². The van der Waals surface area contributed by atoms with Crippen LogP contribution in [0.2, 0.25) is 0 Å². The Morgan fingerprint density at radius 1 is 0.354 bits per heavy atom. The molecule has 0 fully saturated rings. The highest BCUT2D eigenvalue weighted by Crippen LogP contribution is 2.44. The molecule has 9 aromatic rings. The van der Waals surface area contributed by atoms with Crippen molar-refractivity contribution in [2.24, 2.45) is 0 Å². The Hall–Kier alpha value is -6.38. The molecule has 48 heavy (non-hydrogen) atoms. The normalized spacial score (nSPS) is 11.3. The molecule has 0 aliphatic heterocycles. The number of rotatable bonds is 6. The highest BCUT2D eigenvalue weighted by Gasteiger charge is 2.20. The molecule has 0 unspecified atom stereocenters. The monoisotopic (exact) mass is 613 g/mol. The minimum atomic E-state index is 0.874. The molecule has 8 aromatic carbocycles. The van der Waals surface area contributed by atoms with Crippen LogP contribution in [0.4, 0.5) is 17.1 Å². The zero-order valence-corrected chi connectivity index (χ0v) is 26.3. The molecular formula is C46H31NO. The predicted molar refractivity (Wildman–Crippen MR) is 202 cm³/mol. The first-order chi connectivity index (χ1) is 23.8. The zero-order valence-electron chi connectivity index (χ0n) is 26.3. The Bertz CT molecular complexity index is 2530. The topological polar surface area (TPSA) is 16.4 Å². The molecule has 226 valence electrons. The van der Waals surface area contributed by atoms with Crippen LogP contribution in [0, 0.1) is 0 Å². The van der Waals surface area contributed by atoms with Crippen molar-refractivity contribution < 1.29 is 4.42 Å². The highest BCUT2D eigenvalue weighted by molar-refractivity contribution is 6.19. The van der Waals surface area contributed by atoms with E-state index in [2.05, 4.69) is 193 Å². The second-order valence-electron chi connectivity index (χ2n) is 12.2. The van der Waals surface area contributed by atoms with Gasteiger partial charge in [-0.3, -0.25) is 0 Å². The molecule has 9 rings (SSSR count). The largest absolute Gasteiger partial charge is 0.455 e. The van der Waals surface area contributed by atoms with E-state index in [0.717, 1.165) is 44.4 Å². The van der Waals surface area contributed by atoms with Gasteiger partial charge >= 0.3 is 0 Å². The quantitative estimate of drug-likeness (QED) is 0.185.